The van der Waals surface area contributed by atoms with Crippen molar-refractivity contribution < 1.29 is 4.39 Å². The van der Waals surface area contributed by atoms with Gasteiger partial charge >= 0.3 is 0 Å². The lowest BCUT2D eigenvalue weighted by atomic mass is 10.1. The van der Waals surface area contributed by atoms with Gasteiger partial charge in [-0.2, -0.15) is 4.39 Å². The standard InChI is InChI=1S/C8H12BrFN2/c1-5-6(9)7(10)11-12(5)8(2,3)4/h1-4H3. The van der Waals surface area contributed by atoms with E-state index in [1.807, 2.05) is 27.7 Å². The van der Waals surface area contributed by atoms with Crippen LogP contribution in [0, 0.1) is 12.9 Å². The van der Waals surface area contributed by atoms with E-state index in [1.165, 1.54) is 0 Å². The first-order valence-corrected chi connectivity index (χ1v) is 4.54. The van der Waals surface area contributed by atoms with Crippen LogP contribution in [-0.2, 0) is 5.54 Å². The summed E-state index contributed by atoms with van der Waals surface area (Å²) in [7, 11) is 0. The van der Waals surface area contributed by atoms with E-state index in [2.05, 4.69) is 21.0 Å². The molecule has 1 heterocycles. The first-order chi connectivity index (χ1) is 5.34. The van der Waals surface area contributed by atoms with E-state index >= 15 is 0 Å². The van der Waals surface area contributed by atoms with Crippen LogP contribution in [0.5, 0.6) is 0 Å². The monoisotopic (exact) mass is 234 g/mol. The molecule has 0 fully saturated rings. The number of nitrogens with zero attached hydrogens (tertiary/aromatic N) is 2. The molecule has 0 unspecified atom stereocenters. The molecule has 4 heteroatoms. The highest BCUT2D eigenvalue weighted by Crippen LogP contribution is 2.24. The molecule has 0 spiro atoms. The molecule has 68 valence electrons. The summed E-state index contributed by atoms with van der Waals surface area (Å²) in [6.45, 7) is 7.79. The lowest BCUT2D eigenvalue weighted by Crippen LogP contribution is -2.24. The minimum Gasteiger partial charge on any atom is -0.260 e. The molecular weight excluding hydrogens is 223 g/mol. The SMILES string of the molecule is Cc1c(Br)c(F)nn1C(C)(C)C. The zero-order chi connectivity index (χ0) is 9.52. The van der Waals surface area contributed by atoms with Crippen molar-refractivity contribution in [3.05, 3.63) is 16.1 Å². The largest absolute Gasteiger partial charge is 0.260 e. The molecule has 0 aliphatic heterocycles. The fourth-order valence-electron chi connectivity index (χ4n) is 1.10. The summed E-state index contributed by atoms with van der Waals surface area (Å²) in [6, 6.07) is 0. The smallest absolute Gasteiger partial charge is 0.247 e. The quantitative estimate of drug-likeness (QED) is 0.676. The van der Waals surface area contributed by atoms with Crippen molar-refractivity contribution in [1.82, 2.24) is 9.78 Å². The van der Waals surface area contributed by atoms with E-state index in [-0.39, 0.29) is 5.54 Å². The summed E-state index contributed by atoms with van der Waals surface area (Å²) >= 11 is 3.13. The summed E-state index contributed by atoms with van der Waals surface area (Å²) in [5.41, 5.74) is 0.650. The highest BCUT2D eigenvalue weighted by molar-refractivity contribution is 9.10. The van der Waals surface area contributed by atoms with Crippen LogP contribution in [0.2, 0.25) is 0 Å². The average molecular weight is 235 g/mol. The number of hydrogen-bond acceptors (Lipinski definition) is 1. The summed E-state index contributed by atoms with van der Waals surface area (Å²) < 4.78 is 15.1. The lowest BCUT2D eigenvalue weighted by Gasteiger charge is -2.20. The van der Waals surface area contributed by atoms with E-state index in [0.717, 1.165) is 5.69 Å². The van der Waals surface area contributed by atoms with Crippen molar-refractivity contribution in [2.45, 2.75) is 33.2 Å². The molecule has 0 radical (unpaired) electrons. The Morgan fingerprint density at radius 3 is 2.08 bits per heavy atom. The predicted octanol–water partition coefficient (Wildman–Crippen LogP) is 2.85. The third kappa shape index (κ3) is 1.53. The fraction of sp³-hybridized carbons (Fsp3) is 0.625. The molecular formula is C8H12BrFN2. The van der Waals surface area contributed by atoms with Gasteiger partial charge in [-0.05, 0) is 43.6 Å². The van der Waals surface area contributed by atoms with Crippen LogP contribution in [0.3, 0.4) is 0 Å². The van der Waals surface area contributed by atoms with Crippen LogP contribution >= 0.6 is 15.9 Å². The maximum atomic E-state index is 13.0. The predicted molar refractivity (Wildman–Crippen MR) is 49.6 cm³/mol. The van der Waals surface area contributed by atoms with Crippen LogP contribution in [0.1, 0.15) is 26.5 Å². The average Bonchev–Trinajstić information content (AvgIpc) is 2.15. The Bertz CT molecular complexity index is 299. The van der Waals surface area contributed by atoms with Gasteiger partial charge in [0.2, 0.25) is 5.95 Å². The molecule has 0 N–H and O–H groups in total. The van der Waals surface area contributed by atoms with Gasteiger partial charge in [0.1, 0.15) is 0 Å². The van der Waals surface area contributed by atoms with Crippen molar-refractivity contribution in [2.75, 3.05) is 0 Å². The Morgan fingerprint density at radius 1 is 1.42 bits per heavy atom. The molecule has 0 aliphatic rings. The Morgan fingerprint density at radius 2 is 1.92 bits per heavy atom. The molecule has 1 aromatic heterocycles. The van der Waals surface area contributed by atoms with Gasteiger partial charge in [-0.3, -0.25) is 4.68 Å². The summed E-state index contributed by atoms with van der Waals surface area (Å²) in [4.78, 5) is 0. The van der Waals surface area contributed by atoms with Crippen LogP contribution in [0.15, 0.2) is 4.47 Å². The normalized spacial score (nSPS) is 12.2. The van der Waals surface area contributed by atoms with Crippen molar-refractivity contribution >= 4 is 15.9 Å². The molecule has 0 aliphatic carbocycles. The Balaban J connectivity index is 3.28. The van der Waals surface area contributed by atoms with Crippen molar-refractivity contribution in [1.29, 1.82) is 0 Å². The molecule has 0 atom stereocenters. The topological polar surface area (TPSA) is 17.8 Å². The second kappa shape index (κ2) is 2.83. The Hall–Kier alpha value is -0.380. The number of aromatic nitrogens is 2. The number of hydrogen-bond donors (Lipinski definition) is 0. The maximum Gasteiger partial charge on any atom is 0.247 e. The van der Waals surface area contributed by atoms with E-state index in [1.54, 1.807) is 4.68 Å². The summed E-state index contributed by atoms with van der Waals surface area (Å²) in [6.07, 6.45) is 0. The van der Waals surface area contributed by atoms with Gasteiger partial charge in [0.15, 0.2) is 0 Å². The highest BCUT2D eigenvalue weighted by atomic mass is 79.9. The van der Waals surface area contributed by atoms with Gasteiger partial charge < -0.3 is 0 Å². The molecule has 0 amide bonds. The van der Waals surface area contributed by atoms with Gasteiger partial charge in [0.05, 0.1) is 15.7 Å². The Kier molecular flexibility index (Phi) is 2.29. The molecule has 0 bridgehead atoms. The van der Waals surface area contributed by atoms with E-state index in [0.29, 0.717) is 4.47 Å². The first kappa shape index (κ1) is 9.71. The maximum absolute atomic E-state index is 13.0. The second-order valence-electron chi connectivity index (χ2n) is 3.77. The van der Waals surface area contributed by atoms with Gasteiger partial charge in [-0.25, -0.2) is 0 Å². The fourth-order valence-corrected chi connectivity index (χ4v) is 1.35. The molecule has 2 nitrogen and oxygen atoms in total. The van der Waals surface area contributed by atoms with Crippen molar-refractivity contribution in [3.8, 4) is 0 Å². The molecule has 0 aromatic carbocycles. The van der Waals surface area contributed by atoms with Crippen molar-refractivity contribution in [2.24, 2.45) is 0 Å². The van der Waals surface area contributed by atoms with Crippen LogP contribution < -0.4 is 0 Å². The van der Waals surface area contributed by atoms with Crippen LogP contribution in [0.25, 0.3) is 0 Å². The van der Waals surface area contributed by atoms with E-state index < -0.39 is 5.95 Å². The van der Waals surface area contributed by atoms with Crippen LogP contribution in [0.4, 0.5) is 4.39 Å². The van der Waals surface area contributed by atoms with Crippen LogP contribution in [-0.4, -0.2) is 9.78 Å². The molecule has 1 aromatic rings. The minimum atomic E-state index is -0.442. The van der Waals surface area contributed by atoms with E-state index in [4.69, 9.17) is 0 Å². The third-order valence-corrected chi connectivity index (χ3v) is 2.54. The molecule has 12 heavy (non-hydrogen) atoms. The van der Waals surface area contributed by atoms with Gasteiger partial charge in [0, 0.05) is 0 Å². The van der Waals surface area contributed by atoms with Gasteiger partial charge in [-0.15, -0.1) is 5.10 Å². The molecule has 1 rings (SSSR count). The van der Waals surface area contributed by atoms with Gasteiger partial charge in [-0.1, -0.05) is 0 Å². The van der Waals surface area contributed by atoms with Gasteiger partial charge in [0.25, 0.3) is 0 Å². The number of halogens is 2. The first-order valence-electron chi connectivity index (χ1n) is 3.75. The lowest BCUT2D eigenvalue weighted by molar-refractivity contribution is 0.335. The second-order valence-corrected chi connectivity index (χ2v) is 4.57. The van der Waals surface area contributed by atoms with Crippen molar-refractivity contribution in [3.63, 3.8) is 0 Å². The minimum absolute atomic E-state index is 0.170. The third-order valence-electron chi connectivity index (χ3n) is 1.64. The Labute approximate surface area is 79.9 Å². The zero-order valence-corrected chi connectivity index (χ0v) is 9.24. The number of rotatable bonds is 0. The highest BCUT2D eigenvalue weighted by Gasteiger charge is 2.20. The zero-order valence-electron chi connectivity index (χ0n) is 7.65. The van der Waals surface area contributed by atoms with E-state index in [9.17, 15) is 4.39 Å². The summed E-state index contributed by atoms with van der Waals surface area (Å²) in [5.74, 6) is -0.442. The molecule has 0 saturated carbocycles. The molecule has 0 saturated heterocycles. The summed E-state index contributed by atoms with van der Waals surface area (Å²) in [5, 5.41) is 3.78.